The Balaban J connectivity index is 1.85. The number of carbonyl (C=O) groups is 1. The van der Waals surface area contributed by atoms with E-state index in [9.17, 15) is 13.6 Å². The Morgan fingerprint density at radius 1 is 1.20 bits per heavy atom. The van der Waals surface area contributed by atoms with Crippen molar-refractivity contribution in [3.8, 4) is 0 Å². The van der Waals surface area contributed by atoms with Crippen molar-refractivity contribution >= 4 is 5.78 Å². The Kier molecular flexibility index (Phi) is 2.57. The summed E-state index contributed by atoms with van der Waals surface area (Å²) in [5.41, 5.74) is -0.174. The smallest absolute Gasteiger partial charge is 0.250 e. The number of carbonyl (C=O) groups excluding carboxylic acids is 1. The molecule has 1 saturated carbocycles. The quantitative estimate of drug-likeness (QED) is 0.721. The topological polar surface area (TPSA) is 20.3 Å². The van der Waals surface area contributed by atoms with Crippen molar-refractivity contribution in [3.63, 3.8) is 0 Å². The summed E-state index contributed by atoms with van der Waals surface area (Å²) in [5, 5.41) is 0. The second-order valence-electron chi connectivity index (χ2n) is 4.97. The summed E-state index contributed by atoms with van der Waals surface area (Å²) in [6.45, 7) is 3.17. The lowest BCUT2D eigenvalue weighted by Gasteiger charge is -2.33. The SMILES string of the molecule is CC(=O)C1(CN2CCC(F)(F)CC2)CC1. The van der Waals surface area contributed by atoms with E-state index in [2.05, 4.69) is 0 Å². The summed E-state index contributed by atoms with van der Waals surface area (Å²) in [5.74, 6) is -2.26. The largest absolute Gasteiger partial charge is 0.302 e. The monoisotopic (exact) mass is 217 g/mol. The minimum atomic E-state index is -2.48. The van der Waals surface area contributed by atoms with Crippen LogP contribution in [0.4, 0.5) is 8.78 Å². The number of alkyl halides is 2. The second kappa shape index (κ2) is 3.51. The van der Waals surface area contributed by atoms with Crippen LogP contribution in [-0.4, -0.2) is 36.2 Å². The third kappa shape index (κ3) is 2.36. The van der Waals surface area contributed by atoms with Crippen molar-refractivity contribution in [2.45, 2.75) is 38.5 Å². The van der Waals surface area contributed by atoms with Crippen LogP contribution in [0.1, 0.15) is 32.6 Å². The maximum Gasteiger partial charge on any atom is 0.250 e. The van der Waals surface area contributed by atoms with Crippen molar-refractivity contribution < 1.29 is 13.6 Å². The number of ketones is 1. The molecule has 0 aromatic carbocycles. The molecule has 1 aliphatic heterocycles. The summed E-state index contributed by atoms with van der Waals surface area (Å²) in [6, 6.07) is 0. The summed E-state index contributed by atoms with van der Waals surface area (Å²) >= 11 is 0. The molecule has 1 saturated heterocycles. The maximum atomic E-state index is 12.9. The van der Waals surface area contributed by atoms with Crippen molar-refractivity contribution in [2.24, 2.45) is 5.41 Å². The highest BCUT2D eigenvalue weighted by Gasteiger charge is 2.49. The fourth-order valence-corrected chi connectivity index (χ4v) is 2.24. The highest BCUT2D eigenvalue weighted by Crippen LogP contribution is 2.47. The molecule has 0 unspecified atom stereocenters. The number of hydrogen-bond acceptors (Lipinski definition) is 2. The highest BCUT2D eigenvalue weighted by atomic mass is 19.3. The van der Waals surface area contributed by atoms with Gasteiger partial charge in [-0.05, 0) is 19.8 Å². The van der Waals surface area contributed by atoms with E-state index < -0.39 is 5.92 Å². The van der Waals surface area contributed by atoms with Gasteiger partial charge in [0.25, 0.3) is 5.92 Å². The molecule has 2 fully saturated rings. The van der Waals surface area contributed by atoms with Gasteiger partial charge in [0.05, 0.1) is 0 Å². The minimum absolute atomic E-state index is 0.0546. The standard InChI is InChI=1S/C11H17F2NO/c1-9(15)10(2-3-10)8-14-6-4-11(12,13)5-7-14/h2-8H2,1H3. The van der Waals surface area contributed by atoms with Crippen LogP contribution >= 0.6 is 0 Å². The van der Waals surface area contributed by atoms with E-state index in [1.807, 2.05) is 4.90 Å². The molecule has 0 N–H and O–H groups in total. The van der Waals surface area contributed by atoms with Crippen LogP contribution in [0.15, 0.2) is 0 Å². The Morgan fingerprint density at radius 2 is 1.73 bits per heavy atom. The van der Waals surface area contributed by atoms with Crippen molar-refractivity contribution in [2.75, 3.05) is 19.6 Å². The van der Waals surface area contributed by atoms with Gasteiger partial charge < -0.3 is 4.90 Å². The molecule has 0 amide bonds. The van der Waals surface area contributed by atoms with Crippen LogP contribution in [0, 0.1) is 5.41 Å². The molecule has 2 aliphatic rings. The Bertz CT molecular complexity index is 264. The van der Waals surface area contributed by atoms with Gasteiger partial charge in [-0.3, -0.25) is 4.79 Å². The molecule has 1 heterocycles. The van der Waals surface area contributed by atoms with Gasteiger partial charge >= 0.3 is 0 Å². The van der Waals surface area contributed by atoms with E-state index in [0.717, 1.165) is 12.8 Å². The zero-order valence-corrected chi connectivity index (χ0v) is 9.06. The molecule has 0 radical (unpaired) electrons. The van der Waals surface area contributed by atoms with Gasteiger partial charge in [-0.25, -0.2) is 8.78 Å². The molecule has 0 spiro atoms. The number of likely N-dealkylation sites (tertiary alicyclic amines) is 1. The first kappa shape index (κ1) is 11.0. The molecule has 2 rings (SSSR count). The number of nitrogens with zero attached hydrogens (tertiary/aromatic N) is 1. The lowest BCUT2D eigenvalue weighted by Crippen LogP contribution is -2.43. The lowest BCUT2D eigenvalue weighted by molar-refractivity contribution is -0.123. The van der Waals surface area contributed by atoms with Crippen LogP contribution in [0.5, 0.6) is 0 Å². The summed E-state index contributed by atoms with van der Waals surface area (Å²) in [6.07, 6.45) is 1.77. The molecule has 0 aromatic rings. The van der Waals surface area contributed by atoms with E-state index in [0.29, 0.717) is 19.6 Å². The zero-order chi connectivity index (χ0) is 11.1. The van der Waals surface area contributed by atoms with Gasteiger partial charge in [0, 0.05) is 37.9 Å². The van der Waals surface area contributed by atoms with Gasteiger partial charge in [0.2, 0.25) is 0 Å². The van der Waals surface area contributed by atoms with Gasteiger partial charge in [0.1, 0.15) is 5.78 Å². The van der Waals surface area contributed by atoms with E-state index >= 15 is 0 Å². The van der Waals surface area contributed by atoms with Gasteiger partial charge in [-0.2, -0.15) is 0 Å². The molecule has 0 bridgehead atoms. The van der Waals surface area contributed by atoms with E-state index in [4.69, 9.17) is 0 Å². The predicted octanol–water partition coefficient (Wildman–Crippen LogP) is 2.09. The number of rotatable bonds is 3. The van der Waals surface area contributed by atoms with E-state index in [1.165, 1.54) is 0 Å². The number of halogens is 2. The Hall–Kier alpha value is -0.510. The van der Waals surface area contributed by atoms with Gasteiger partial charge in [-0.15, -0.1) is 0 Å². The molecule has 86 valence electrons. The first-order valence-corrected chi connectivity index (χ1v) is 5.55. The van der Waals surface area contributed by atoms with Crippen LogP contribution < -0.4 is 0 Å². The average Bonchev–Trinajstić information content (AvgIpc) is 2.90. The van der Waals surface area contributed by atoms with Crippen LogP contribution in [-0.2, 0) is 4.79 Å². The molecule has 1 aliphatic carbocycles. The highest BCUT2D eigenvalue weighted by molar-refractivity contribution is 5.85. The molecule has 4 heteroatoms. The van der Waals surface area contributed by atoms with Crippen LogP contribution in [0.2, 0.25) is 0 Å². The maximum absolute atomic E-state index is 12.9. The van der Waals surface area contributed by atoms with E-state index in [1.54, 1.807) is 6.92 Å². The second-order valence-corrected chi connectivity index (χ2v) is 4.97. The van der Waals surface area contributed by atoms with Gasteiger partial charge in [-0.1, -0.05) is 0 Å². The first-order valence-electron chi connectivity index (χ1n) is 5.55. The molecule has 0 aromatic heterocycles. The van der Waals surface area contributed by atoms with Crippen LogP contribution in [0.25, 0.3) is 0 Å². The third-order valence-corrected chi connectivity index (χ3v) is 3.71. The fourth-order valence-electron chi connectivity index (χ4n) is 2.24. The molecule has 15 heavy (non-hydrogen) atoms. The van der Waals surface area contributed by atoms with Crippen molar-refractivity contribution in [3.05, 3.63) is 0 Å². The number of piperidine rings is 1. The minimum Gasteiger partial charge on any atom is -0.302 e. The normalized spacial score (nSPS) is 28.7. The number of Topliss-reactive ketones (excluding diaryl/α,β-unsaturated/α-hetero) is 1. The van der Waals surface area contributed by atoms with E-state index in [-0.39, 0.29) is 24.0 Å². The Labute approximate surface area is 88.6 Å². The predicted molar refractivity (Wildman–Crippen MR) is 53.0 cm³/mol. The van der Waals surface area contributed by atoms with Crippen molar-refractivity contribution in [1.82, 2.24) is 4.90 Å². The number of hydrogen-bond donors (Lipinski definition) is 0. The molecule has 2 nitrogen and oxygen atoms in total. The molecular formula is C11H17F2NO. The zero-order valence-electron chi connectivity index (χ0n) is 9.06. The lowest BCUT2D eigenvalue weighted by atomic mass is 9.99. The summed E-state index contributed by atoms with van der Waals surface area (Å²) < 4.78 is 25.8. The summed E-state index contributed by atoms with van der Waals surface area (Å²) in [4.78, 5) is 13.4. The third-order valence-electron chi connectivity index (χ3n) is 3.71. The van der Waals surface area contributed by atoms with Gasteiger partial charge in [0.15, 0.2) is 0 Å². The van der Waals surface area contributed by atoms with Crippen molar-refractivity contribution in [1.29, 1.82) is 0 Å². The fraction of sp³-hybridized carbons (Fsp3) is 0.909. The Morgan fingerprint density at radius 3 is 2.13 bits per heavy atom. The van der Waals surface area contributed by atoms with Crippen LogP contribution in [0.3, 0.4) is 0 Å². The molecular weight excluding hydrogens is 200 g/mol. The first-order chi connectivity index (χ1) is 6.94. The molecule has 0 atom stereocenters. The average molecular weight is 217 g/mol. The summed E-state index contributed by atoms with van der Waals surface area (Å²) in [7, 11) is 0.